The van der Waals surface area contributed by atoms with E-state index in [4.69, 9.17) is 16.3 Å². The molecule has 0 fully saturated rings. The lowest BCUT2D eigenvalue weighted by atomic mass is 10.1. The van der Waals surface area contributed by atoms with Crippen LogP contribution in [0.15, 0.2) is 54.2 Å². The summed E-state index contributed by atoms with van der Waals surface area (Å²) in [4.78, 5) is 14.1. The Morgan fingerprint density at radius 3 is 2.17 bits per heavy atom. The number of anilines is 1. The van der Waals surface area contributed by atoms with Gasteiger partial charge in [-0.2, -0.15) is 4.57 Å². The van der Waals surface area contributed by atoms with Crippen molar-refractivity contribution in [2.24, 2.45) is 0 Å². The first-order chi connectivity index (χ1) is 19.0. The van der Waals surface area contributed by atoms with Gasteiger partial charge in [-0.1, -0.05) is 125 Å². The molecule has 0 spiro atoms. The molecular weight excluding hydrogens is 604 g/mol. The third-order valence-corrected chi connectivity index (χ3v) is 8.21. The fraction of sp³-hybridized carbons (Fsp3) is 0.515. The van der Waals surface area contributed by atoms with Gasteiger partial charge in [-0.15, -0.1) is 0 Å². The summed E-state index contributed by atoms with van der Waals surface area (Å²) in [6, 6.07) is 13.6. The number of nitrogens with zero attached hydrogens (tertiary/aromatic N) is 1. The van der Waals surface area contributed by atoms with Crippen molar-refractivity contribution in [3.63, 3.8) is 0 Å². The van der Waals surface area contributed by atoms with Gasteiger partial charge in [0, 0.05) is 10.6 Å². The van der Waals surface area contributed by atoms with Gasteiger partial charge in [0.15, 0.2) is 12.7 Å². The van der Waals surface area contributed by atoms with Crippen LogP contribution in [-0.4, -0.2) is 12.5 Å². The largest absolute Gasteiger partial charge is 1.00 e. The van der Waals surface area contributed by atoms with E-state index in [-0.39, 0.29) is 29.3 Å². The first-order valence-corrected chi connectivity index (χ1v) is 16.0. The summed E-state index contributed by atoms with van der Waals surface area (Å²) >= 11 is 8.23. The highest BCUT2D eigenvalue weighted by atomic mass is 79.9. The lowest BCUT2D eigenvalue weighted by Crippen LogP contribution is -3.00. The Labute approximate surface area is 261 Å². The minimum absolute atomic E-state index is 0. The van der Waals surface area contributed by atoms with Crippen LogP contribution >= 0.6 is 22.9 Å². The van der Waals surface area contributed by atoms with Crippen LogP contribution < -0.4 is 31.6 Å². The highest BCUT2D eigenvalue weighted by Crippen LogP contribution is 2.24. The molecule has 1 heterocycles. The average molecular weight is 650 g/mol. The number of thiazole rings is 1. The number of nitrogens with one attached hydrogen (secondary N) is 1. The van der Waals surface area contributed by atoms with Crippen molar-refractivity contribution in [3.8, 4) is 5.75 Å². The molecule has 0 saturated carbocycles. The second-order valence-electron chi connectivity index (χ2n) is 10.5. The quantitative estimate of drug-likeness (QED) is 0.122. The van der Waals surface area contributed by atoms with Crippen molar-refractivity contribution in [3.05, 3.63) is 75.2 Å². The summed E-state index contributed by atoms with van der Waals surface area (Å²) < 4.78 is 8.06. The number of carbonyl (C=O) groups is 1. The van der Waals surface area contributed by atoms with E-state index in [0.717, 1.165) is 29.0 Å². The summed E-state index contributed by atoms with van der Waals surface area (Å²) in [5, 5.41) is 3.63. The second kappa shape index (κ2) is 20.1. The first-order valence-electron chi connectivity index (χ1n) is 14.8. The van der Waals surface area contributed by atoms with Gasteiger partial charge in [-0.05, 0) is 37.1 Å². The number of benzene rings is 2. The maximum Gasteiger partial charge on any atom is 0.228 e. The number of ether oxygens (including phenoxy) is 1. The number of hydrogen-bond acceptors (Lipinski definition) is 3. The molecule has 7 heteroatoms. The Kier molecular flexibility index (Phi) is 17.2. The Hall–Kier alpha value is -1.89. The monoisotopic (exact) mass is 648 g/mol. The predicted molar refractivity (Wildman–Crippen MR) is 165 cm³/mol. The average Bonchev–Trinajstić information content (AvgIpc) is 3.33. The molecule has 1 amide bonds. The van der Waals surface area contributed by atoms with Gasteiger partial charge in [0.1, 0.15) is 5.75 Å². The van der Waals surface area contributed by atoms with Crippen molar-refractivity contribution in [1.29, 1.82) is 0 Å². The predicted octanol–water partition coefficient (Wildman–Crippen LogP) is 6.31. The number of aromatic nitrogens is 1. The lowest BCUT2D eigenvalue weighted by molar-refractivity contribution is -0.683. The molecule has 0 aliphatic carbocycles. The molecule has 0 unspecified atom stereocenters. The molecule has 0 atom stereocenters. The molecule has 0 bridgehead atoms. The van der Waals surface area contributed by atoms with Crippen LogP contribution in [0.1, 0.15) is 100.0 Å². The molecule has 40 heavy (non-hydrogen) atoms. The molecule has 3 rings (SSSR count). The topological polar surface area (TPSA) is 42.2 Å². The SMILES string of the molecule is CCCCCCCCCCCCCCOc1ccc(CC(=O)Nc2ccccc2C[n+]2csc(C)c2)c(Cl)c1.[Br-]. The number of carbonyl (C=O) groups excluding carboxylic acids is 1. The molecule has 3 aromatic rings. The summed E-state index contributed by atoms with van der Waals surface area (Å²) in [7, 11) is 0. The van der Waals surface area contributed by atoms with Crippen molar-refractivity contribution >= 4 is 34.5 Å². The number of rotatable bonds is 19. The van der Waals surface area contributed by atoms with Gasteiger partial charge in [0.05, 0.1) is 23.6 Å². The molecule has 4 nitrogen and oxygen atoms in total. The van der Waals surface area contributed by atoms with Crippen molar-refractivity contribution in [2.45, 2.75) is 104 Å². The second-order valence-corrected chi connectivity index (χ2v) is 12.0. The molecule has 0 aliphatic rings. The zero-order valence-electron chi connectivity index (χ0n) is 24.2. The van der Waals surface area contributed by atoms with Crippen LogP contribution in [-0.2, 0) is 17.8 Å². The van der Waals surface area contributed by atoms with Crippen molar-refractivity contribution in [1.82, 2.24) is 0 Å². The zero-order chi connectivity index (χ0) is 27.7. The fourth-order valence-electron chi connectivity index (χ4n) is 4.77. The van der Waals surface area contributed by atoms with Crippen LogP contribution in [0, 0.1) is 6.92 Å². The number of halogens is 2. The van der Waals surface area contributed by atoms with E-state index in [1.165, 1.54) is 75.5 Å². The summed E-state index contributed by atoms with van der Waals surface area (Å²) in [5.41, 5.74) is 4.79. The number of unbranched alkanes of at least 4 members (excludes halogenated alkanes) is 11. The molecule has 0 saturated heterocycles. The van der Waals surface area contributed by atoms with Gasteiger partial charge in [0.25, 0.3) is 0 Å². The molecule has 0 radical (unpaired) electrons. The van der Waals surface area contributed by atoms with E-state index in [9.17, 15) is 4.79 Å². The van der Waals surface area contributed by atoms with Crippen LogP contribution in [0.25, 0.3) is 0 Å². The Balaban J connectivity index is 0.00000560. The van der Waals surface area contributed by atoms with E-state index in [1.54, 1.807) is 11.3 Å². The first kappa shape index (κ1) is 34.3. The molecule has 2 aromatic carbocycles. The van der Waals surface area contributed by atoms with Gasteiger partial charge >= 0.3 is 0 Å². The van der Waals surface area contributed by atoms with E-state index < -0.39 is 0 Å². The number of para-hydroxylation sites is 1. The maximum absolute atomic E-state index is 12.8. The minimum Gasteiger partial charge on any atom is -1.00 e. The number of aryl methyl sites for hydroxylation is 1. The summed E-state index contributed by atoms with van der Waals surface area (Å²) in [6.45, 7) is 5.78. The normalized spacial score (nSPS) is 10.8. The molecule has 220 valence electrons. The minimum atomic E-state index is -0.0824. The number of hydrogen-bond donors (Lipinski definition) is 1. The zero-order valence-corrected chi connectivity index (χ0v) is 27.4. The van der Waals surface area contributed by atoms with Gasteiger partial charge in [0.2, 0.25) is 11.4 Å². The van der Waals surface area contributed by atoms with Crippen molar-refractivity contribution in [2.75, 3.05) is 11.9 Å². The van der Waals surface area contributed by atoms with E-state index in [0.29, 0.717) is 18.2 Å². The van der Waals surface area contributed by atoms with Crippen molar-refractivity contribution < 1.29 is 31.1 Å². The van der Waals surface area contributed by atoms with E-state index >= 15 is 0 Å². The summed E-state index contributed by atoms with van der Waals surface area (Å²) in [5.74, 6) is 0.682. The Bertz CT molecular complexity index is 1140. The Morgan fingerprint density at radius 1 is 0.900 bits per heavy atom. The van der Waals surface area contributed by atoms with E-state index in [1.807, 2.05) is 42.5 Å². The van der Waals surface area contributed by atoms with Gasteiger partial charge < -0.3 is 27.0 Å². The molecule has 1 N–H and O–H groups in total. The Morgan fingerprint density at radius 2 is 1.55 bits per heavy atom. The maximum atomic E-state index is 12.8. The van der Waals surface area contributed by atoms with Gasteiger partial charge in [-0.25, -0.2) is 0 Å². The summed E-state index contributed by atoms with van der Waals surface area (Å²) in [6.07, 6.45) is 18.3. The third-order valence-electron chi connectivity index (χ3n) is 7.01. The molecule has 1 aromatic heterocycles. The van der Waals surface area contributed by atoms with E-state index in [2.05, 4.69) is 35.4 Å². The van der Waals surface area contributed by atoms with Crippen LogP contribution in [0.3, 0.4) is 0 Å². The number of amides is 1. The fourth-order valence-corrected chi connectivity index (χ4v) is 5.64. The standard InChI is InChI=1S/C33H45ClN2O2S.BrH/c1-3-4-5-6-7-8-9-10-11-12-13-16-21-38-30-20-19-28(31(34)23-30)22-33(37)35-32-18-15-14-17-29(32)25-36-24-27(2)39-26-36;/h14-15,17-20,23-24,26H,3-13,16,21-22,25H2,1-2H3;1H. The third kappa shape index (κ3) is 13.2. The highest BCUT2D eigenvalue weighted by molar-refractivity contribution is 7.09. The lowest BCUT2D eigenvalue weighted by Gasteiger charge is -2.11. The molecular formula is C33H46BrClN2O2S. The molecule has 0 aliphatic heterocycles. The van der Waals surface area contributed by atoms with Crippen LogP contribution in [0.2, 0.25) is 5.02 Å². The van der Waals surface area contributed by atoms with Gasteiger partial charge in [-0.3, -0.25) is 4.79 Å². The smallest absolute Gasteiger partial charge is 0.228 e. The highest BCUT2D eigenvalue weighted by Gasteiger charge is 2.13. The van der Waals surface area contributed by atoms with Crippen LogP contribution in [0.4, 0.5) is 5.69 Å². The van der Waals surface area contributed by atoms with Crippen LogP contribution in [0.5, 0.6) is 5.75 Å².